The summed E-state index contributed by atoms with van der Waals surface area (Å²) in [6, 6.07) is 14.2. The Morgan fingerprint density at radius 3 is 2.44 bits per heavy atom. The third kappa shape index (κ3) is 3.62. The van der Waals surface area contributed by atoms with Crippen LogP contribution in [-0.2, 0) is 6.54 Å². The third-order valence-electron chi connectivity index (χ3n) is 4.72. The van der Waals surface area contributed by atoms with E-state index in [1.165, 1.54) is 5.56 Å². The Hall–Kier alpha value is -2.50. The van der Waals surface area contributed by atoms with Crippen LogP contribution in [0.1, 0.15) is 18.4 Å². The van der Waals surface area contributed by atoms with Gasteiger partial charge >= 0.3 is 0 Å². The van der Waals surface area contributed by atoms with E-state index >= 15 is 0 Å². The van der Waals surface area contributed by atoms with E-state index in [9.17, 15) is 5.11 Å². The number of benzene rings is 1. The van der Waals surface area contributed by atoms with Gasteiger partial charge in [-0.2, -0.15) is 5.10 Å². The molecule has 1 aliphatic heterocycles. The number of rotatable bonds is 4. The molecule has 0 amide bonds. The van der Waals surface area contributed by atoms with Gasteiger partial charge in [0.25, 0.3) is 0 Å². The zero-order valence-corrected chi connectivity index (χ0v) is 14.1. The van der Waals surface area contributed by atoms with Crippen LogP contribution in [0.25, 0.3) is 16.9 Å². The summed E-state index contributed by atoms with van der Waals surface area (Å²) in [6.45, 7) is 2.69. The molecule has 0 saturated carbocycles. The summed E-state index contributed by atoms with van der Waals surface area (Å²) in [5.74, 6) is 0. The molecule has 0 atom stereocenters. The Kier molecular flexibility index (Phi) is 4.59. The molecule has 128 valence electrons. The van der Waals surface area contributed by atoms with Gasteiger partial charge in [-0.1, -0.05) is 18.2 Å². The van der Waals surface area contributed by atoms with Gasteiger partial charge in [0, 0.05) is 49.4 Å². The van der Waals surface area contributed by atoms with E-state index in [4.69, 9.17) is 5.10 Å². The first kappa shape index (κ1) is 16.0. The van der Waals surface area contributed by atoms with Gasteiger partial charge in [-0.25, -0.2) is 4.68 Å². The molecule has 0 spiro atoms. The maximum absolute atomic E-state index is 9.73. The first-order chi connectivity index (χ1) is 12.3. The number of likely N-dealkylation sites (tertiary alicyclic amines) is 1. The fourth-order valence-electron chi connectivity index (χ4n) is 3.31. The van der Waals surface area contributed by atoms with Crippen molar-refractivity contribution in [2.75, 3.05) is 13.1 Å². The molecule has 3 heterocycles. The lowest BCUT2D eigenvalue weighted by Gasteiger charge is -2.29. The molecule has 0 aliphatic carbocycles. The molecule has 3 aromatic rings. The van der Waals surface area contributed by atoms with Crippen LogP contribution in [0.5, 0.6) is 0 Å². The number of para-hydroxylation sites is 1. The Morgan fingerprint density at radius 2 is 1.72 bits per heavy atom. The highest BCUT2D eigenvalue weighted by atomic mass is 16.3. The van der Waals surface area contributed by atoms with Crippen LogP contribution in [0.4, 0.5) is 0 Å². The highest BCUT2D eigenvalue weighted by molar-refractivity contribution is 5.62. The van der Waals surface area contributed by atoms with Crippen LogP contribution < -0.4 is 0 Å². The van der Waals surface area contributed by atoms with Gasteiger partial charge in [0.15, 0.2) is 0 Å². The molecule has 0 bridgehead atoms. The van der Waals surface area contributed by atoms with Crippen LogP contribution in [0, 0.1) is 0 Å². The van der Waals surface area contributed by atoms with Crippen molar-refractivity contribution < 1.29 is 5.11 Å². The number of aromatic nitrogens is 3. The van der Waals surface area contributed by atoms with E-state index in [-0.39, 0.29) is 6.10 Å². The third-order valence-corrected chi connectivity index (χ3v) is 4.72. The van der Waals surface area contributed by atoms with Crippen LogP contribution in [-0.4, -0.2) is 44.0 Å². The fraction of sp³-hybridized carbons (Fsp3) is 0.300. The van der Waals surface area contributed by atoms with E-state index in [2.05, 4.69) is 28.2 Å². The van der Waals surface area contributed by atoms with Crippen LogP contribution in [0.2, 0.25) is 0 Å². The Balaban J connectivity index is 1.67. The molecule has 5 heteroatoms. The zero-order chi connectivity index (χ0) is 17.1. The van der Waals surface area contributed by atoms with Crippen molar-refractivity contribution in [3.05, 3.63) is 66.6 Å². The number of piperidine rings is 1. The molecule has 1 aromatic carbocycles. The van der Waals surface area contributed by atoms with Crippen molar-refractivity contribution >= 4 is 0 Å². The first-order valence-electron chi connectivity index (χ1n) is 8.74. The highest BCUT2D eigenvalue weighted by Gasteiger charge is 2.20. The van der Waals surface area contributed by atoms with E-state index < -0.39 is 0 Å². The van der Waals surface area contributed by atoms with E-state index in [1.54, 1.807) is 12.4 Å². The number of hydrogen-bond acceptors (Lipinski definition) is 4. The van der Waals surface area contributed by atoms with Crippen molar-refractivity contribution in [2.45, 2.75) is 25.5 Å². The van der Waals surface area contributed by atoms with Crippen molar-refractivity contribution in [2.24, 2.45) is 0 Å². The maximum Gasteiger partial charge on any atom is 0.0973 e. The number of aliphatic hydroxyl groups excluding tert-OH is 1. The Morgan fingerprint density at radius 1 is 1.00 bits per heavy atom. The molecule has 0 radical (unpaired) electrons. The van der Waals surface area contributed by atoms with Gasteiger partial charge in [0.05, 0.1) is 17.5 Å². The summed E-state index contributed by atoms with van der Waals surface area (Å²) in [4.78, 5) is 6.51. The predicted molar refractivity (Wildman–Crippen MR) is 97.3 cm³/mol. The standard InChI is InChI=1S/C20H22N4O/c25-19-8-12-23(13-9-19)14-17-15-24(18-4-2-1-3-5-18)22-20(17)16-6-10-21-11-7-16/h1-7,10-11,15,19,25H,8-9,12-14H2. The fourth-order valence-corrected chi connectivity index (χ4v) is 3.31. The second-order valence-corrected chi connectivity index (χ2v) is 6.53. The molecule has 0 unspecified atom stereocenters. The summed E-state index contributed by atoms with van der Waals surface area (Å²) in [7, 11) is 0. The number of pyridine rings is 1. The SMILES string of the molecule is OC1CCN(Cc2cn(-c3ccccc3)nc2-c2ccncc2)CC1. The first-order valence-corrected chi connectivity index (χ1v) is 8.74. The number of hydrogen-bond donors (Lipinski definition) is 1. The number of aliphatic hydroxyl groups is 1. The topological polar surface area (TPSA) is 54.2 Å². The van der Waals surface area contributed by atoms with Gasteiger partial charge in [-0.3, -0.25) is 9.88 Å². The summed E-state index contributed by atoms with van der Waals surface area (Å²) in [6.07, 6.45) is 7.27. The smallest absolute Gasteiger partial charge is 0.0973 e. The molecular weight excluding hydrogens is 312 g/mol. The lowest BCUT2D eigenvalue weighted by atomic mass is 10.1. The average molecular weight is 334 g/mol. The van der Waals surface area contributed by atoms with Crippen molar-refractivity contribution in [3.63, 3.8) is 0 Å². The molecule has 25 heavy (non-hydrogen) atoms. The zero-order valence-electron chi connectivity index (χ0n) is 14.1. The Labute approximate surface area is 147 Å². The second kappa shape index (κ2) is 7.17. The second-order valence-electron chi connectivity index (χ2n) is 6.53. The van der Waals surface area contributed by atoms with Gasteiger partial charge < -0.3 is 5.11 Å². The molecule has 4 rings (SSSR count). The predicted octanol–water partition coefficient (Wildman–Crippen LogP) is 2.89. The van der Waals surface area contributed by atoms with Crippen LogP contribution in [0.15, 0.2) is 61.1 Å². The number of nitrogens with zero attached hydrogens (tertiary/aromatic N) is 4. The van der Waals surface area contributed by atoms with Crippen molar-refractivity contribution in [1.82, 2.24) is 19.7 Å². The molecular formula is C20H22N4O. The molecule has 1 fully saturated rings. The highest BCUT2D eigenvalue weighted by Crippen LogP contribution is 2.25. The summed E-state index contributed by atoms with van der Waals surface area (Å²) < 4.78 is 1.95. The van der Waals surface area contributed by atoms with Crippen molar-refractivity contribution in [1.29, 1.82) is 0 Å². The molecule has 5 nitrogen and oxygen atoms in total. The normalized spacial score (nSPS) is 16.2. The van der Waals surface area contributed by atoms with E-state index in [0.29, 0.717) is 0 Å². The van der Waals surface area contributed by atoms with Crippen molar-refractivity contribution in [3.8, 4) is 16.9 Å². The summed E-state index contributed by atoms with van der Waals surface area (Å²) >= 11 is 0. The van der Waals surface area contributed by atoms with Gasteiger partial charge in [0.2, 0.25) is 0 Å². The van der Waals surface area contributed by atoms with Gasteiger partial charge in [-0.05, 0) is 37.1 Å². The summed E-state index contributed by atoms with van der Waals surface area (Å²) in [5.41, 5.74) is 4.33. The monoisotopic (exact) mass is 334 g/mol. The molecule has 1 N–H and O–H groups in total. The minimum absolute atomic E-state index is 0.150. The maximum atomic E-state index is 9.73. The molecule has 1 aliphatic rings. The minimum atomic E-state index is -0.150. The molecule has 1 saturated heterocycles. The van der Waals surface area contributed by atoms with E-state index in [1.807, 2.05) is 35.0 Å². The quantitative estimate of drug-likeness (QED) is 0.797. The largest absolute Gasteiger partial charge is 0.393 e. The lowest BCUT2D eigenvalue weighted by molar-refractivity contribution is 0.0793. The lowest BCUT2D eigenvalue weighted by Crippen LogP contribution is -2.35. The minimum Gasteiger partial charge on any atom is -0.393 e. The van der Waals surface area contributed by atoms with Crippen LogP contribution in [0.3, 0.4) is 0 Å². The van der Waals surface area contributed by atoms with Crippen LogP contribution >= 0.6 is 0 Å². The molecule has 2 aromatic heterocycles. The van der Waals surface area contributed by atoms with Gasteiger partial charge in [0.1, 0.15) is 0 Å². The van der Waals surface area contributed by atoms with E-state index in [0.717, 1.165) is 49.4 Å². The summed E-state index contributed by atoms with van der Waals surface area (Å²) in [5, 5.41) is 14.6. The van der Waals surface area contributed by atoms with Gasteiger partial charge in [-0.15, -0.1) is 0 Å². The Bertz CT molecular complexity index is 808. The average Bonchev–Trinajstić information content (AvgIpc) is 3.09.